The Morgan fingerprint density at radius 3 is 2.60 bits per heavy atom. The summed E-state index contributed by atoms with van der Waals surface area (Å²) in [5, 5.41) is 11.4. The van der Waals surface area contributed by atoms with E-state index in [1.165, 1.54) is 25.4 Å². The highest BCUT2D eigenvalue weighted by atomic mass is 16.5. The number of nitrogens with zero attached hydrogens (tertiary/aromatic N) is 1. The normalized spacial score (nSPS) is 20.6. The quantitative estimate of drug-likeness (QED) is 0.323. The summed E-state index contributed by atoms with van der Waals surface area (Å²) in [6.07, 6.45) is 2.24. The molecule has 3 aromatic rings. The van der Waals surface area contributed by atoms with E-state index >= 15 is 0 Å². The van der Waals surface area contributed by atoms with E-state index in [-0.39, 0.29) is 24.0 Å². The highest BCUT2D eigenvalue weighted by molar-refractivity contribution is 6.46. The summed E-state index contributed by atoms with van der Waals surface area (Å²) in [5.41, 5.74) is 1.98. The van der Waals surface area contributed by atoms with Crippen molar-refractivity contribution in [3.8, 4) is 17.2 Å². The number of Topliss-reactive ketones (excluding diaryl/α,β-unsaturated/α-hetero) is 1. The van der Waals surface area contributed by atoms with Crippen molar-refractivity contribution in [1.29, 1.82) is 0 Å². The number of hydrogen-bond acceptors (Lipinski definition) is 7. The second kappa shape index (κ2) is 8.87. The molecule has 0 unspecified atom stereocenters. The van der Waals surface area contributed by atoms with Gasteiger partial charge in [-0.25, -0.2) is 0 Å². The fourth-order valence-electron chi connectivity index (χ4n) is 4.71. The maximum absolute atomic E-state index is 13.3. The maximum atomic E-state index is 13.3. The monoisotopic (exact) mass is 475 g/mol. The molecule has 2 aromatic carbocycles. The van der Waals surface area contributed by atoms with Crippen molar-refractivity contribution in [3.05, 3.63) is 82.8 Å². The SMILES string of the molecule is COc1ccc([C@@H]2C(=C(O)c3ccc4c(c3)C[C@H](C)O4)C(=O)C(=O)N2Cc2ccco2)cc1OC. The van der Waals surface area contributed by atoms with Gasteiger partial charge in [-0.1, -0.05) is 6.07 Å². The molecule has 3 heterocycles. The lowest BCUT2D eigenvalue weighted by atomic mass is 9.94. The topological polar surface area (TPSA) is 98.4 Å². The van der Waals surface area contributed by atoms with Gasteiger partial charge in [-0.3, -0.25) is 9.59 Å². The lowest BCUT2D eigenvalue weighted by molar-refractivity contribution is -0.140. The number of carbonyl (C=O) groups excluding carboxylic acids is 2. The number of amides is 1. The van der Waals surface area contributed by atoms with Gasteiger partial charge >= 0.3 is 0 Å². The number of fused-ring (bicyclic) bond motifs is 1. The average Bonchev–Trinajstić information content (AvgIpc) is 3.57. The van der Waals surface area contributed by atoms with Crippen molar-refractivity contribution in [2.45, 2.75) is 32.0 Å². The van der Waals surface area contributed by atoms with E-state index < -0.39 is 17.7 Å². The first-order chi connectivity index (χ1) is 16.9. The molecule has 35 heavy (non-hydrogen) atoms. The molecule has 0 radical (unpaired) electrons. The van der Waals surface area contributed by atoms with Crippen molar-refractivity contribution >= 4 is 17.4 Å². The Labute approximate surface area is 202 Å². The molecule has 2 atom stereocenters. The first kappa shape index (κ1) is 22.6. The zero-order chi connectivity index (χ0) is 24.7. The molecule has 1 N–H and O–H groups in total. The minimum atomic E-state index is -0.858. The molecule has 0 saturated carbocycles. The van der Waals surface area contributed by atoms with Crippen LogP contribution in [-0.4, -0.2) is 42.0 Å². The zero-order valence-corrected chi connectivity index (χ0v) is 19.6. The van der Waals surface area contributed by atoms with Gasteiger partial charge in [-0.05, 0) is 60.5 Å². The molecule has 0 aliphatic carbocycles. The van der Waals surface area contributed by atoms with Crippen LogP contribution >= 0.6 is 0 Å². The fourth-order valence-corrected chi connectivity index (χ4v) is 4.71. The Bertz CT molecular complexity index is 1330. The van der Waals surface area contributed by atoms with Crippen LogP contribution in [0.25, 0.3) is 5.76 Å². The maximum Gasteiger partial charge on any atom is 0.296 e. The Morgan fingerprint density at radius 2 is 1.89 bits per heavy atom. The molecule has 1 saturated heterocycles. The molecular formula is C27H25NO7. The molecule has 1 fully saturated rings. The number of ether oxygens (including phenoxy) is 3. The van der Waals surface area contributed by atoms with E-state index in [9.17, 15) is 14.7 Å². The standard InChI is InChI=1S/C27H25NO7/c1-15-11-18-12-17(7-8-20(18)35-15)25(29)23-24(16-6-9-21(32-2)22(13-16)33-3)28(27(31)26(23)30)14-19-5-4-10-34-19/h4-10,12-13,15,24,29H,11,14H2,1-3H3/t15-,24+/m0/s1. The number of benzene rings is 2. The molecule has 2 aliphatic heterocycles. The van der Waals surface area contributed by atoms with Crippen LogP contribution in [0.2, 0.25) is 0 Å². The van der Waals surface area contributed by atoms with Gasteiger partial charge < -0.3 is 28.6 Å². The number of hydrogen-bond donors (Lipinski definition) is 1. The van der Waals surface area contributed by atoms with Crippen LogP contribution in [0, 0.1) is 0 Å². The van der Waals surface area contributed by atoms with E-state index in [1.54, 1.807) is 48.5 Å². The first-order valence-corrected chi connectivity index (χ1v) is 11.2. The van der Waals surface area contributed by atoms with Crippen LogP contribution in [0.5, 0.6) is 17.2 Å². The summed E-state index contributed by atoms with van der Waals surface area (Å²) in [4.78, 5) is 27.9. The van der Waals surface area contributed by atoms with Gasteiger partial charge in [0.2, 0.25) is 0 Å². The fraction of sp³-hybridized carbons (Fsp3) is 0.259. The van der Waals surface area contributed by atoms with Crippen LogP contribution in [0.4, 0.5) is 0 Å². The Kier molecular flexibility index (Phi) is 5.72. The van der Waals surface area contributed by atoms with Crippen LogP contribution in [-0.2, 0) is 22.6 Å². The lowest BCUT2D eigenvalue weighted by Gasteiger charge is -2.25. The largest absolute Gasteiger partial charge is 0.507 e. The first-order valence-electron chi connectivity index (χ1n) is 11.2. The Balaban J connectivity index is 1.65. The second-order valence-electron chi connectivity index (χ2n) is 8.58. The van der Waals surface area contributed by atoms with Crippen molar-refractivity contribution in [3.63, 3.8) is 0 Å². The van der Waals surface area contributed by atoms with Crippen molar-refractivity contribution in [1.82, 2.24) is 4.90 Å². The highest BCUT2D eigenvalue weighted by Gasteiger charge is 2.46. The molecular weight excluding hydrogens is 450 g/mol. The molecule has 0 bridgehead atoms. The van der Waals surface area contributed by atoms with Gasteiger partial charge in [0.25, 0.3) is 11.7 Å². The molecule has 8 heteroatoms. The van der Waals surface area contributed by atoms with Crippen LogP contribution in [0.1, 0.15) is 35.4 Å². The number of likely N-dealkylation sites (tertiary alicyclic amines) is 1. The minimum Gasteiger partial charge on any atom is -0.507 e. The summed E-state index contributed by atoms with van der Waals surface area (Å²) < 4.78 is 22.0. The number of aliphatic hydroxyl groups excluding tert-OH is 1. The molecule has 8 nitrogen and oxygen atoms in total. The molecule has 2 aliphatic rings. The lowest BCUT2D eigenvalue weighted by Crippen LogP contribution is -2.29. The predicted molar refractivity (Wildman–Crippen MR) is 126 cm³/mol. The van der Waals surface area contributed by atoms with Crippen LogP contribution in [0.15, 0.2) is 64.8 Å². The number of rotatable bonds is 6. The van der Waals surface area contributed by atoms with E-state index in [0.29, 0.717) is 34.8 Å². The number of carbonyl (C=O) groups is 2. The van der Waals surface area contributed by atoms with E-state index in [0.717, 1.165) is 11.3 Å². The van der Waals surface area contributed by atoms with Crippen molar-refractivity contribution < 1.29 is 33.3 Å². The third-order valence-corrected chi connectivity index (χ3v) is 6.34. The number of ketones is 1. The van der Waals surface area contributed by atoms with Gasteiger partial charge in [0.05, 0.1) is 38.6 Å². The van der Waals surface area contributed by atoms with Crippen LogP contribution in [0.3, 0.4) is 0 Å². The summed E-state index contributed by atoms with van der Waals surface area (Å²) in [6, 6.07) is 13.0. The molecule has 1 amide bonds. The highest BCUT2D eigenvalue weighted by Crippen LogP contribution is 2.43. The smallest absolute Gasteiger partial charge is 0.296 e. The third kappa shape index (κ3) is 3.90. The summed E-state index contributed by atoms with van der Waals surface area (Å²) in [7, 11) is 3.04. The van der Waals surface area contributed by atoms with E-state index in [1.807, 2.05) is 6.92 Å². The van der Waals surface area contributed by atoms with Gasteiger partial charge in [-0.15, -0.1) is 0 Å². The summed E-state index contributed by atoms with van der Waals surface area (Å²) >= 11 is 0. The zero-order valence-electron chi connectivity index (χ0n) is 19.6. The molecule has 1 aromatic heterocycles. The second-order valence-corrected chi connectivity index (χ2v) is 8.58. The summed E-state index contributed by atoms with van der Waals surface area (Å²) in [5.74, 6) is 0.487. The van der Waals surface area contributed by atoms with Gasteiger partial charge in [0, 0.05) is 12.0 Å². The molecule has 5 rings (SSSR count). The minimum absolute atomic E-state index is 0.000639. The van der Waals surface area contributed by atoms with E-state index in [2.05, 4.69) is 0 Å². The Hall–Kier alpha value is -4.20. The molecule has 0 spiro atoms. The number of furan rings is 1. The predicted octanol–water partition coefficient (Wildman–Crippen LogP) is 4.24. The molecule has 180 valence electrons. The summed E-state index contributed by atoms with van der Waals surface area (Å²) in [6.45, 7) is 2.03. The van der Waals surface area contributed by atoms with Crippen molar-refractivity contribution in [2.75, 3.05) is 14.2 Å². The Morgan fingerprint density at radius 1 is 1.09 bits per heavy atom. The van der Waals surface area contributed by atoms with Crippen LogP contribution < -0.4 is 14.2 Å². The van der Waals surface area contributed by atoms with Crippen molar-refractivity contribution in [2.24, 2.45) is 0 Å². The number of aliphatic hydroxyl groups is 1. The average molecular weight is 475 g/mol. The van der Waals surface area contributed by atoms with Gasteiger partial charge in [0.1, 0.15) is 23.4 Å². The van der Waals surface area contributed by atoms with E-state index in [4.69, 9.17) is 18.6 Å². The third-order valence-electron chi connectivity index (χ3n) is 6.34. The van der Waals surface area contributed by atoms with Gasteiger partial charge in [0.15, 0.2) is 11.5 Å². The van der Waals surface area contributed by atoms with Gasteiger partial charge in [-0.2, -0.15) is 0 Å². The number of methoxy groups -OCH3 is 2.